The Labute approximate surface area is 128 Å². The first-order valence-corrected chi connectivity index (χ1v) is 7.42. The smallest absolute Gasteiger partial charge is 0.158 e. The van der Waals surface area contributed by atoms with Gasteiger partial charge in [0.15, 0.2) is 5.65 Å². The highest BCUT2D eigenvalue weighted by Gasteiger charge is 2.11. The fourth-order valence-electron chi connectivity index (χ4n) is 2.21. The molecule has 3 N–H and O–H groups in total. The number of aromatic nitrogens is 5. The van der Waals surface area contributed by atoms with Crippen LogP contribution in [0, 0.1) is 0 Å². The molecule has 0 atom stereocenters. The SMILES string of the molecule is CCc1cc(NCCCN)n2nc(-c3cnccn3)cc2n1. The van der Waals surface area contributed by atoms with Crippen molar-refractivity contribution in [2.45, 2.75) is 19.8 Å². The van der Waals surface area contributed by atoms with Crippen LogP contribution in [0.1, 0.15) is 19.0 Å². The van der Waals surface area contributed by atoms with Gasteiger partial charge in [0, 0.05) is 36.8 Å². The van der Waals surface area contributed by atoms with Crippen LogP contribution < -0.4 is 11.1 Å². The quantitative estimate of drug-likeness (QED) is 0.670. The topological polar surface area (TPSA) is 94.0 Å². The van der Waals surface area contributed by atoms with E-state index in [1.807, 2.05) is 12.1 Å². The molecule has 0 unspecified atom stereocenters. The van der Waals surface area contributed by atoms with E-state index in [2.05, 4.69) is 32.3 Å². The lowest BCUT2D eigenvalue weighted by atomic mass is 10.3. The molecule has 0 aliphatic rings. The predicted octanol–water partition coefficient (Wildman–Crippen LogP) is 1.51. The number of hydrogen-bond donors (Lipinski definition) is 2. The second-order valence-electron chi connectivity index (χ2n) is 4.95. The molecule has 114 valence electrons. The van der Waals surface area contributed by atoms with Gasteiger partial charge >= 0.3 is 0 Å². The van der Waals surface area contributed by atoms with Gasteiger partial charge in [0.25, 0.3) is 0 Å². The van der Waals surface area contributed by atoms with Crippen molar-refractivity contribution < 1.29 is 0 Å². The third-order valence-electron chi connectivity index (χ3n) is 3.36. The standard InChI is InChI=1S/C15H19N7/c1-2-11-8-14(19-5-3-4-16)22-15(20-11)9-12(21-22)13-10-17-6-7-18-13/h6-10,19H,2-5,16H2,1H3. The Hall–Kier alpha value is -2.54. The van der Waals surface area contributed by atoms with Gasteiger partial charge in [0.1, 0.15) is 17.2 Å². The maximum atomic E-state index is 5.55. The van der Waals surface area contributed by atoms with Crippen LogP contribution in [0.15, 0.2) is 30.7 Å². The summed E-state index contributed by atoms with van der Waals surface area (Å²) in [5.41, 5.74) is 8.87. The van der Waals surface area contributed by atoms with Gasteiger partial charge in [-0.1, -0.05) is 6.92 Å². The minimum Gasteiger partial charge on any atom is -0.370 e. The number of fused-ring (bicyclic) bond motifs is 1. The Bertz CT molecular complexity index is 751. The van der Waals surface area contributed by atoms with Crippen molar-refractivity contribution in [1.82, 2.24) is 24.6 Å². The zero-order valence-corrected chi connectivity index (χ0v) is 12.5. The van der Waals surface area contributed by atoms with Crippen LogP contribution in [-0.4, -0.2) is 37.7 Å². The zero-order chi connectivity index (χ0) is 15.4. The summed E-state index contributed by atoms with van der Waals surface area (Å²) in [5.74, 6) is 0.922. The summed E-state index contributed by atoms with van der Waals surface area (Å²) in [6.07, 6.45) is 6.78. The molecule has 0 aliphatic carbocycles. The Kier molecular flexibility index (Phi) is 4.24. The largest absolute Gasteiger partial charge is 0.370 e. The van der Waals surface area contributed by atoms with E-state index >= 15 is 0 Å². The lowest BCUT2D eigenvalue weighted by Gasteiger charge is -2.09. The number of aryl methyl sites for hydroxylation is 1. The Morgan fingerprint density at radius 1 is 1.23 bits per heavy atom. The number of nitrogens with one attached hydrogen (secondary N) is 1. The minimum absolute atomic E-state index is 0.659. The molecule has 7 heteroatoms. The summed E-state index contributed by atoms with van der Waals surface area (Å²) >= 11 is 0. The molecule has 0 amide bonds. The van der Waals surface area contributed by atoms with Gasteiger partial charge < -0.3 is 11.1 Å². The average Bonchev–Trinajstić information content (AvgIpc) is 3.00. The van der Waals surface area contributed by atoms with Crippen LogP contribution in [0.5, 0.6) is 0 Å². The van der Waals surface area contributed by atoms with E-state index in [0.29, 0.717) is 6.54 Å². The lowest BCUT2D eigenvalue weighted by molar-refractivity contribution is 0.847. The summed E-state index contributed by atoms with van der Waals surface area (Å²) in [5, 5.41) is 7.97. The van der Waals surface area contributed by atoms with Gasteiger partial charge in [-0.15, -0.1) is 0 Å². The summed E-state index contributed by atoms with van der Waals surface area (Å²) in [7, 11) is 0. The molecule has 0 aliphatic heterocycles. The molecule has 0 aromatic carbocycles. The molecule has 22 heavy (non-hydrogen) atoms. The van der Waals surface area contributed by atoms with E-state index in [1.54, 1.807) is 23.1 Å². The molecule has 0 fully saturated rings. The molecule has 3 rings (SSSR count). The number of nitrogens with two attached hydrogens (primary N) is 1. The van der Waals surface area contributed by atoms with E-state index in [-0.39, 0.29) is 0 Å². The second kappa shape index (κ2) is 6.48. The van der Waals surface area contributed by atoms with Gasteiger partial charge in [-0.25, -0.2) is 4.98 Å². The van der Waals surface area contributed by atoms with Crippen molar-refractivity contribution in [2.24, 2.45) is 5.73 Å². The van der Waals surface area contributed by atoms with Crippen molar-refractivity contribution in [1.29, 1.82) is 0 Å². The van der Waals surface area contributed by atoms with Crippen molar-refractivity contribution in [2.75, 3.05) is 18.4 Å². The number of hydrogen-bond acceptors (Lipinski definition) is 6. The molecular formula is C15H19N7. The Balaban J connectivity index is 2.03. The first-order chi connectivity index (χ1) is 10.8. The molecule has 3 aromatic heterocycles. The van der Waals surface area contributed by atoms with Crippen LogP contribution in [-0.2, 0) is 6.42 Å². The molecule has 0 saturated heterocycles. The fraction of sp³-hybridized carbons (Fsp3) is 0.333. The lowest BCUT2D eigenvalue weighted by Crippen LogP contribution is -2.12. The van der Waals surface area contributed by atoms with E-state index < -0.39 is 0 Å². The highest BCUT2D eigenvalue weighted by atomic mass is 15.3. The van der Waals surface area contributed by atoms with Crippen LogP contribution in [0.3, 0.4) is 0 Å². The number of rotatable bonds is 6. The number of nitrogens with zero attached hydrogens (tertiary/aromatic N) is 5. The third kappa shape index (κ3) is 2.89. The molecule has 0 bridgehead atoms. The second-order valence-corrected chi connectivity index (χ2v) is 4.95. The highest BCUT2D eigenvalue weighted by Crippen LogP contribution is 2.20. The molecule has 0 radical (unpaired) electrons. The highest BCUT2D eigenvalue weighted by molar-refractivity contribution is 5.62. The molecule has 0 saturated carbocycles. The summed E-state index contributed by atoms with van der Waals surface area (Å²) < 4.78 is 1.81. The normalized spacial score (nSPS) is 11.0. The summed E-state index contributed by atoms with van der Waals surface area (Å²) in [4.78, 5) is 13.0. The fourth-order valence-corrected chi connectivity index (χ4v) is 2.21. The van der Waals surface area contributed by atoms with Gasteiger partial charge in [0.05, 0.1) is 6.20 Å². The van der Waals surface area contributed by atoms with E-state index in [9.17, 15) is 0 Å². The minimum atomic E-state index is 0.659. The molecule has 3 aromatic rings. The van der Waals surface area contributed by atoms with Gasteiger partial charge in [-0.3, -0.25) is 9.97 Å². The maximum absolute atomic E-state index is 5.55. The van der Waals surface area contributed by atoms with Crippen LogP contribution in [0.4, 0.5) is 5.82 Å². The van der Waals surface area contributed by atoms with Crippen molar-refractivity contribution in [3.8, 4) is 11.4 Å². The van der Waals surface area contributed by atoms with Crippen molar-refractivity contribution in [3.63, 3.8) is 0 Å². The molecule has 3 heterocycles. The molecule has 7 nitrogen and oxygen atoms in total. The van der Waals surface area contributed by atoms with Crippen LogP contribution in [0.2, 0.25) is 0 Å². The van der Waals surface area contributed by atoms with E-state index in [0.717, 1.165) is 47.9 Å². The van der Waals surface area contributed by atoms with Gasteiger partial charge in [0.2, 0.25) is 0 Å². The third-order valence-corrected chi connectivity index (χ3v) is 3.36. The van der Waals surface area contributed by atoms with Crippen LogP contribution >= 0.6 is 0 Å². The Morgan fingerprint density at radius 3 is 2.86 bits per heavy atom. The van der Waals surface area contributed by atoms with Gasteiger partial charge in [-0.05, 0) is 19.4 Å². The predicted molar refractivity (Wildman–Crippen MR) is 85.6 cm³/mol. The summed E-state index contributed by atoms with van der Waals surface area (Å²) in [6.45, 7) is 3.55. The number of anilines is 1. The van der Waals surface area contributed by atoms with E-state index in [1.165, 1.54) is 0 Å². The first kappa shape index (κ1) is 14.4. The maximum Gasteiger partial charge on any atom is 0.158 e. The zero-order valence-electron chi connectivity index (χ0n) is 12.5. The van der Waals surface area contributed by atoms with Crippen molar-refractivity contribution >= 4 is 11.5 Å². The van der Waals surface area contributed by atoms with Gasteiger partial charge in [-0.2, -0.15) is 9.61 Å². The summed E-state index contributed by atoms with van der Waals surface area (Å²) in [6, 6.07) is 3.95. The first-order valence-electron chi connectivity index (χ1n) is 7.42. The molecular weight excluding hydrogens is 278 g/mol. The monoisotopic (exact) mass is 297 g/mol. The van der Waals surface area contributed by atoms with Crippen LogP contribution in [0.25, 0.3) is 17.0 Å². The van der Waals surface area contributed by atoms with Crippen molar-refractivity contribution in [3.05, 3.63) is 36.4 Å². The average molecular weight is 297 g/mol. The Morgan fingerprint density at radius 2 is 2.14 bits per heavy atom. The van der Waals surface area contributed by atoms with E-state index in [4.69, 9.17) is 5.73 Å². The molecule has 0 spiro atoms.